The Labute approximate surface area is 119 Å². The molecular weight excluding hydrogens is 256 g/mol. The van der Waals surface area contributed by atoms with Crippen LogP contribution in [0.5, 0.6) is 0 Å². The number of aryl methyl sites for hydroxylation is 2. The lowest BCUT2D eigenvalue weighted by molar-refractivity contribution is -0.0597. The molecule has 4 heteroatoms. The summed E-state index contributed by atoms with van der Waals surface area (Å²) in [7, 11) is 0. The number of anilines is 1. The molecule has 3 nitrogen and oxygen atoms in total. The molecule has 1 aliphatic heterocycles. The van der Waals surface area contributed by atoms with Crippen molar-refractivity contribution in [2.24, 2.45) is 11.8 Å². The van der Waals surface area contributed by atoms with Crippen LogP contribution in [0.15, 0.2) is 0 Å². The van der Waals surface area contributed by atoms with Crippen LogP contribution in [0.25, 0.3) is 0 Å². The minimum absolute atomic E-state index is 0.432. The Morgan fingerprint density at radius 2 is 2.21 bits per heavy atom. The first-order valence-corrected chi connectivity index (χ1v) is 8.26. The van der Waals surface area contributed by atoms with Gasteiger partial charge in [0.05, 0.1) is 11.3 Å². The van der Waals surface area contributed by atoms with Crippen molar-refractivity contribution in [3.05, 3.63) is 10.6 Å². The Balaban J connectivity index is 1.82. The van der Waals surface area contributed by atoms with E-state index in [2.05, 4.69) is 30.7 Å². The van der Waals surface area contributed by atoms with E-state index in [1.165, 1.54) is 17.7 Å². The van der Waals surface area contributed by atoms with Crippen molar-refractivity contribution in [1.29, 1.82) is 0 Å². The molecule has 0 aromatic carbocycles. The third-order valence-corrected chi connectivity index (χ3v) is 6.35. The highest BCUT2D eigenvalue weighted by Gasteiger charge is 2.48. The van der Waals surface area contributed by atoms with Crippen LogP contribution in [0.1, 0.15) is 43.2 Å². The molecule has 106 valence electrons. The van der Waals surface area contributed by atoms with E-state index >= 15 is 0 Å². The van der Waals surface area contributed by atoms with Crippen LogP contribution in [0, 0.1) is 25.7 Å². The zero-order chi connectivity index (χ0) is 13.6. The van der Waals surface area contributed by atoms with E-state index in [0.717, 1.165) is 36.8 Å². The van der Waals surface area contributed by atoms with E-state index in [4.69, 9.17) is 0 Å². The Bertz CT molecular complexity index is 453. The number of hydrogen-bond donors (Lipinski definition) is 1. The topological polar surface area (TPSA) is 36.4 Å². The van der Waals surface area contributed by atoms with Crippen LogP contribution in [-0.4, -0.2) is 28.8 Å². The number of fused-ring (bicyclic) bond motifs is 1. The Kier molecular flexibility index (Phi) is 3.34. The molecule has 1 N–H and O–H groups in total. The fraction of sp³-hybridized carbons (Fsp3) is 0.800. The maximum atomic E-state index is 10.8. The molecule has 0 amide bonds. The first-order valence-electron chi connectivity index (χ1n) is 7.45. The zero-order valence-electron chi connectivity index (χ0n) is 12.1. The number of thiazole rings is 1. The third kappa shape index (κ3) is 2.19. The lowest BCUT2D eigenvalue weighted by Crippen LogP contribution is -2.44. The Hall–Kier alpha value is -0.610. The predicted molar refractivity (Wildman–Crippen MR) is 79.9 cm³/mol. The smallest absolute Gasteiger partial charge is 0.185 e. The first kappa shape index (κ1) is 13.4. The molecule has 1 saturated heterocycles. The van der Waals surface area contributed by atoms with Crippen molar-refractivity contribution in [1.82, 2.24) is 4.98 Å². The van der Waals surface area contributed by atoms with Gasteiger partial charge in [0.2, 0.25) is 0 Å². The summed E-state index contributed by atoms with van der Waals surface area (Å²) >= 11 is 1.80. The number of aliphatic hydroxyl groups is 1. The van der Waals surface area contributed by atoms with Gasteiger partial charge in [0.15, 0.2) is 5.13 Å². The van der Waals surface area contributed by atoms with Gasteiger partial charge in [-0.05, 0) is 39.0 Å². The summed E-state index contributed by atoms with van der Waals surface area (Å²) in [5.41, 5.74) is 0.722. The quantitative estimate of drug-likeness (QED) is 0.904. The molecule has 1 aliphatic carbocycles. The fourth-order valence-electron chi connectivity index (χ4n) is 3.81. The van der Waals surface area contributed by atoms with Gasteiger partial charge in [0.25, 0.3) is 0 Å². The summed E-state index contributed by atoms with van der Waals surface area (Å²) in [5, 5.41) is 12.0. The van der Waals surface area contributed by atoms with Gasteiger partial charge >= 0.3 is 0 Å². The van der Waals surface area contributed by atoms with Gasteiger partial charge in [0, 0.05) is 23.9 Å². The zero-order valence-corrected chi connectivity index (χ0v) is 13.0. The van der Waals surface area contributed by atoms with Gasteiger partial charge in [0.1, 0.15) is 0 Å². The van der Waals surface area contributed by atoms with Gasteiger partial charge in [-0.3, -0.25) is 0 Å². The average Bonchev–Trinajstić information content (AvgIpc) is 2.95. The molecule has 0 bridgehead atoms. The summed E-state index contributed by atoms with van der Waals surface area (Å²) in [6.07, 6.45) is 4.31. The van der Waals surface area contributed by atoms with E-state index in [0.29, 0.717) is 11.8 Å². The lowest BCUT2D eigenvalue weighted by atomic mass is 9.69. The normalized spacial score (nSPS) is 34.6. The molecule has 2 fully saturated rings. The summed E-state index contributed by atoms with van der Waals surface area (Å²) in [5.74, 6) is 1.10. The van der Waals surface area contributed by atoms with Crippen LogP contribution in [0.2, 0.25) is 0 Å². The standard InChI is InChI=1S/C15H24N2OS/c1-4-15(18)7-5-6-12-8-17(9-13(12)15)14-16-10(2)11(3)19-14/h12-13,18H,4-9H2,1-3H3/t12-,13+,15-/m1/s1. The average molecular weight is 280 g/mol. The van der Waals surface area contributed by atoms with Gasteiger partial charge < -0.3 is 10.0 Å². The molecule has 19 heavy (non-hydrogen) atoms. The van der Waals surface area contributed by atoms with Crippen molar-refractivity contribution in [3.63, 3.8) is 0 Å². The van der Waals surface area contributed by atoms with E-state index in [-0.39, 0.29) is 0 Å². The van der Waals surface area contributed by atoms with E-state index in [1.54, 1.807) is 11.3 Å². The second-order valence-electron chi connectivity index (χ2n) is 6.26. The number of rotatable bonds is 2. The Morgan fingerprint density at radius 3 is 2.84 bits per heavy atom. The summed E-state index contributed by atoms with van der Waals surface area (Å²) in [6.45, 7) is 8.42. The van der Waals surface area contributed by atoms with Crippen LogP contribution in [0.3, 0.4) is 0 Å². The van der Waals surface area contributed by atoms with Crippen molar-refractivity contribution in [3.8, 4) is 0 Å². The SMILES string of the molecule is CC[C@@]1(O)CCC[C@@H]2CN(c3nc(C)c(C)s3)C[C@@H]21. The molecule has 1 aromatic heterocycles. The number of nitrogens with zero attached hydrogens (tertiary/aromatic N) is 2. The largest absolute Gasteiger partial charge is 0.390 e. The predicted octanol–water partition coefficient (Wildman–Crippen LogP) is 3.14. The minimum Gasteiger partial charge on any atom is -0.390 e. The molecule has 3 atom stereocenters. The van der Waals surface area contributed by atoms with Crippen molar-refractivity contribution in [2.45, 2.75) is 52.1 Å². The molecule has 1 saturated carbocycles. The second-order valence-corrected chi connectivity index (χ2v) is 7.44. The highest BCUT2D eigenvalue weighted by Crippen LogP contribution is 2.45. The second kappa shape index (κ2) is 4.74. The maximum absolute atomic E-state index is 10.8. The Morgan fingerprint density at radius 1 is 1.42 bits per heavy atom. The van der Waals surface area contributed by atoms with Gasteiger partial charge in [-0.1, -0.05) is 13.3 Å². The van der Waals surface area contributed by atoms with Gasteiger partial charge in [-0.15, -0.1) is 11.3 Å². The van der Waals surface area contributed by atoms with E-state index in [9.17, 15) is 5.11 Å². The first-order chi connectivity index (χ1) is 9.03. The highest BCUT2D eigenvalue weighted by molar-refractivity contribution is 7.15. The minimum atomic E-state index is -0.432. The molecular formula is C15H24N2OS. The highest BCUT2D eigenvalue weighted by atomic mass is 32.1. The van der Waals surface area contributed by atoms with Crippen LogP contribution < -0.4 is 4.90 Å². The molecule has 0 radical (unpaired) electrons. The van der Waals surface area contributed by atoms with Gasteiger partial charge in [-0.2, -0.15) is 0 Å². The molecule has 2 heterocycles. The molecule has 2 aliphatic rings. The van der Waals surface area contributed by atoms with Gasteiger partial charge in [-0.25, -0.2) is 4.98 Å². The number of aromatic nitrogens is 1. The summed E-state index contributed by atoms with van der Waals surface area (Å²) in [6, 6.07) is 0. The van der Waals surface area contributed by atoms with Crippen molar-refractivity contribution in [2.75, 3.05) is 18.0 Å². The van der Waals surface area contributed by atoms with Crippen molar-refractivity contribution < 1.29 is 5.11 Å². The van der Waals surface area contributed by atoms with E-state index in [1.807, 2.05) is 0 Å². The summed E-state index contributed by atoms with van der Waals surface area (Å²) in [4.78, 5) is 8.41. The monoisotopic (exact) mass is 280 g/mol. The van der Waals surface area contributed by atoms with Crippen LogP contribution in [-0.2, 0) is 0 Å². The molecule has 0 unspecified atom stereocenters. The lowest BCUT2D eigenvalue weighted by Gasteiger charge is -2.40. The summed E-state index contributed by atoms with van der Waals surface area (Å²) < 4.78 is 0. The number of hydrogen-bond acceptors (Lipinski definition) is 4. The maximum Gasteiger partial charge on any atom is 0.185 e. The molecule has 1 aromatic rings. The third-order valence-electron chi connectivity index (χ3n) is 5.22. The fourth-order valence-corrected chi connectivity index (χ4v) is 4.74. The van der Waals surface area contributed by atoms with Crippen LogP contribution in [0.4, 0.5) is 5.13 Å². The van der Waals surface area contributed by atoms with Crippen molar-refractivity contribution >= 4 is 16.5 Å². The molecule has 0 spiro atoms. The van der Waals surface area contributed by atoms with E-state index < -0.39 is 5.60 Å². The molecule has 3 rings (SSSR count). The van der Waals surface area contributed by atoms with Crippen LogP contribution >= 0.6 is 11.3 Å².